The third kappa shape index (κ3) is 6.32. The molecule has 8 heteroatoms. The minimum atomic E-state index is -1.17. The van der Waals surface area contributed by atoms with E-state index in [2.05, 4.69) is 46.9 Å². The van der Waals surface area contributed by atoms with Crippen molar-refractivity contribution in [2.24, 2.45) is 56.7 Å². The number of halogens is 1. The van der Waals surface area contributed by atoms with Crippen LogP contribution >= 0.6 is 0 Å². The lowest BCUT2D eigenvalue weighted by atomic mass is 9.37. The number of carboxylic acids is 1. The molecule has 6 rings (SSSR count). The minimum absolute atomic E-state index is 0.0254. The topological polar surface area (TPSA) is 113 Å². The van der Waals surface area contributed by atoms with E-state index in [1.807, 2.05) is 0 Å². The molecule has 3 N–H and O–H groups in total. The first-order chi connectivity index (χ1) is 23.8. The zero-order valence-corrected chi connectivity index (χ0v) is 32.2. The zero-order valence-electron chi connectivity index (χ0n) is 32.2. The molecule has 0 amide bonds. The van der Waals surface area contributed by atoms with E-state index in [1.54, 1.807) is 26.0 Å². The van der Waals surface area contributed by atoms with Gasteiger partial charge in [-0.05, 0) is 129 Å². The Kier molecular flexibility index (Phi) is 10.0. The van der Waals surface area contributed by atoms with Gasteiger partial charge in [-0.25, -0.2) is 4.39 Å². The van der Waals surface area contributed by atoms with Gasteiger partial charge in [-0.15, -0.1) is 0 Å². The number of fused-ring (bicyclic) bond motifs is 7. The molecule has 1 aromatic rings. The molecule has 0 spiro atoms. The van der Waals surface area contributed by atoms with Crippen LogP contribution in [0.2, 0.25) is 0 Å². The monoisotopic (exact) mass is 707 g/mol. The van der Waals surface area contributed by atoms with Crippen molar-refractivity contribution in [2.45, 2.75) is 138 Å². The van der Waals surface area contributed by atoms with E-state index in [9.17, 15) is 29.0 Å². The van der Waals surface area contributed by atoms with Crippen molar-refractivity contribution in [1.29, 1.82) is 0 Å². The van der Waals surface area contributed by atoms with Crippen molar-refractivity contribution in [2.75, 3.05) is 6.54 Å². The van der Waals surface area contributed by atoms with Crippen LogP contribution in [-0.2, 0) is 25.7 Å². The predicted octanol–water partition coefficient (Wildman–Crippen LogP) is 8.28. The van der Waals surface area contributed by atoms with Gasteiger partial charge in [0, 0.05) is 30.3 Å². The summed E-state index contributed by atoms with van der Waals surface area (Å²) in [6.45, 7) is 17.8. The van der Waals surface area contributed by atoms with Crippen LogP contribution < -0.4 is 5.32 Å². The number of aliphatic carboxylic acids is 1. The van der Waals surface area contributed by atoms with E-state index in [1.165, 1.54) is 17.7 Å². The Bertz CT molecular complexity index is 1560. The SMILES string of the molecule is CC(C)C1=C2[C@H]3CC[C@H]4[C@@H](CC[C@H]5C(C)(C)[C@@H](OC(=O)CC(C)(C)C(=O)O)CC[C@]45C)[C@]3(C)CC[C@@]2([C@H](O)CNCc2ccc(F)cc2)CC1=O. The molecule has 282 valence electrons. The number of hydrogen-bond donors (Lipinski definition) is 3. The van der Waals surface area contributed by atoms with Crippen molar-refractivity contribution in [3.05, 3.63) is 46.8 Å². The molecule has 5 aliphatic rings. The number of aliphatic hydroxyl groups excluding tert-OH is 1. The Morgan fingerprint density at radius 2 is 1.61 bits per heavy atom. The molecule has 5 aliphatic carbocycles. The molecule has 9 atom stereocenters. The van der Waals surface area contributed by atoms with E-state index in [-0.39, 0.29) is 52.2 Å². The molecule has 0 radical (unpaired) electrons. The second kappa shape index (κ2) is 13.4. The van der Waals surface area contributed by atoms with E-state index >= 15 is 0 Å². The summed E-state index contributed by atoms with van der Waals surface area (Å²) in [7, 11) is 0. The number of ketones is 1. The molecule has 4 fully saturated rings. The van der Waals surface area contributed by atoms with Crippen molar-refractivity contribution in [1.82, 2.24) is 5.32 Å². The predicted molar refractivity (Wildman–Crippen MR) is 195 cm³/mol. The number of esters is 1. The van der Waals surface area contributed by atoms with Gasteiger partial charge in [0.05, 0.1) is 17.9 Å². The van der Waals surface area contributed by atoms with Crippen LogP contribution in [0.5, 0.6) is 0 Å². The number of allylic oxidation sites excluding steroid dienone is 1. The first-order valence-corrected chi connectivity index (χ1v) is 19.6. The van der Waals surface area contributed by atoms with Crippen molar-refractivity contribution >= 4 is 17.7 Å². The summed E-state index contributed by atoms with van der Waals surface area (Å²) in [5.41, 5.74) is 1.34. The van der Waals surface area contributed by atoms with E-state index in [4.69, 9.17) is 4.74 Å². The third-order valence-corrected chi connectivity index (χ3v) is 15.3. The van der Waals surface area contributed by atoms with Gasteiger partial charge in [0.25, 0.3) is 0 Å². The number of rotatable bonds is 10. The fourth-order valence-electron chi connectivity index (χ4n) is 12.5. The highest BCUT2D eigenvalue weighted by molar-refractivity contribution is 6.00. The maximum absolute atomic E-state index is 13.9. The van der Waals surface area contributed by atoms with Gasteiger partial charge in [0.2, 0.25) is 0 Å². The Morgan fingerprint density at radius 3 is 2.25 bits per heavy atom. The van der Waals surface area contributed by atoms with E-state index < -0.39 is 28.9 Å². The molecule has 1 aromatic carbocycles. The second-order valence-electron chi connectivity index (χ2n) is 19.2. The highest BCUT2D eigenvalue weighted by Gasteiger charge is 2.67. The first kappa shape index (κ1) is 38.2. The molecule has 4 saturated carbocycles. The Balaban J connectivity index is 1.23. The van der Waals surface area contributed by atoms with Crippen molar-refractivity contribution < 1.29 is 33.7 Å². The average molecular weight is 708 g/mol. The van der Waals surface area contributed by atoms with Gasteiger partial charge in [-0.2, -0.15) is 0 Å². The van der Waals surface area contributed by atoms with Gasteiger partial charge in [-0.3, -0.25) is 14.4 Å². The number of hydrogen-bond acceptors (Lipinski definition) is 6. The van der Waals surface area contributed by atoms with Gasteiger partial charge >= 0.3 is 11.9 Å². The zero-order chi connectivity index (χ0) is 37.3. The quantitative estimate of drug-likeness (QED) is 0.210. The Morgan fingerprint density at radius 1 is 0.961 bits per heavy atom. The summed E-state index contributed by atoms with van der Waals surface area (Å²) in [5.74, 6) is 0.279. The molecule has 0 aromatic heterocycles. The summed E-state index contributed by atoms with van der Waals surface area (Å²) in [4.78, 5) is 38.6. The van der Waals surface area contributed by atoms with Gasteiger partial charge in [-0.1, -0.05) is 59.2 Å². The fraction of sp³-hybridized carbons (Fsp3) is 0.744. The second-order valence-corrected chi connectivity index (χ2v) is 19.2. The highest BCUT2D eigenvalue weighted by atomic mass is 19.1. The van der Waals surface area contributed by atoms with Crippen LogP contribution in [-0.4, -0.2) is 46.7 Å². The largest absolute Gasteiger partial charge is 0.481 e. The Labute approximate surface area is 304 Å². The molecule has 7 nitrogen and oxygen atoms in total. The normalized spacial score (nSPS) is 36.5. The lowest BCUT2D eigenvalue weighted by Crippen LogP contribution is -2.62. The number of aliphatic hydroxyl groups is 1. The van der Waals surface area contributed by atoms with E-state index in [0.717, 1.165) is 62.5 Å². The summed E-state index contributed by atoms with van der Waals surface area (Å²) in [5, 5.41) is 25.0. The molecule has 0 aliphatic heterocycles. The van der Waals surface area contributed by atoms with Crippen molar-refractivity contribution in [3.63, 3.8) is 0 Å². The minimum Gasteiger partial charge on any atom is -0.481 e. The number of carbonyl (C=O) groups is 3. The number of carboxylic acid groups (broad SMARTS) is 1. The Hall–Kier alpha value is -2.58. The van der Waals surface area contributed by atoms with Gasteiger partial charge in [0.15, 0.2) is 5.78 Å². The maximum Gasteiger partial charge on any atom is 0.309 e. The molecule has 0 heterocycles. The molecular weight excluding hydrogens is 645 g/mol. The standard InChI is InChI=1S/C43H62FNO6/c1-25(2)36-31(46)21-43(33(47)24-45-23-26-9-11-27(44)12-10-26)20-19-41(7)28-15-16-32-40(5,6)34(51-35(48)22-39(3,4)38(49)50)17-18-42(32,8)29(28)13-14-30(41)37(36)43/h9-12,25,28-30,32-34,45,47H,13-24H2,1-8H3,(H,49,50)/t28-,29+,30-,32+,33-,34+,41+,42-,43+/m1/s1. The van der Waals surface area contributed by atoms with Crippen LogP contribution in [0, 0.1) is 62.5 Å². The first-order valence-electron chi connectivity index (χ1n) is 19.6. The molecule has 0 unspecified atom stereocenters. The highest BCUT2D eigenvalue weighted by Crippen LogP contribution is 2.73. The molecule has 51 heavy (non-hydrogen) atoms. The van der Waals surface area contributed by atoms with Gasteiger partial charge < -0.3 is 20.3 Å². The van der Waals surface area contributed by atoms with Crippen LogP contribution in [0.3, 0.4) is 0 Å². The fourth-order valence-corrected chi connectivity index (χ4v) is 12.5. The molecule has 0 saturated heterocycles. The van der Waals surface area contributed by atoms with E-state index in [0.29, 0.717) is 37.3 Å². The summed E-state index contributed by atoms with van der Waals surface area (Å²) in [6.07, 6.45) is 7.10. The smallest absolute Gasteiger partial charge is 0.309 e. The van der Waals surface area contributed by atoms with Crippen LogP contribution in [0.1, 0.15) is 125 Å². The lowest BCUT2D eigenvalue weighted by Gasteiger charge is -2.68. The lowest BCUT2D eigenvalue weighted by molar-refractivity contribution is -0.205. The summed E-state index contributed by atoms with van der Waals surface area (Å²) >= 11 is 0. The summed E-state index contributed by atoms with van der Waals surface area (Å²) in [6, 6.07) is 6.43. The van der Waals surface area contributed by atoms with Crippen LogP contribution in [0.4, 0.5) is 4.39 Å². The number of nitrogens with one attached hydrogen (secondary N) is 1. The van der Waals surface area contributed by atoms with Crippen LogP contribution in [0.25, 0.3) is 0 Å². The number of carbonyl (C=O) groups excluding carboxylic acids is 2. The maximum atomic E-state index is 13.9. The van der Waals surface area contributed by atoms with Crippen LogP contribution in [0.15, 0.2) is 35.4 Å². The molecular formula is C43H62FNO6. The third-order valence-electron chi connectivity index (χ3n) is 15.3. The number of ether oxygens (including phenoxy) is 1. The number of benzene rings is 1. The van der Waals surface area contributed by atoms with Gasteiger partial charge in [0.1, 0.15) is 11.9 Å². The van der Waals surface area contributed by atoms with Crippen molar-refractivity contribution in [3.8, 4) is 0 Å². The summed E-state index contributed by atoms with van der Waals surface area (Å²) < 4.78 is 19.6. The number of Topliss-reactive ketones (excluding diaryl/α,β-unsaturated/α-hetero) is 1. The average Bonchev–Trinajstić information content (AvgIpc) is 3.36. The molecule has 0 bridgehead atoms.